The number of benzene rings is 2. The molecule has 0 aromatic heterocycles. The molecule has 0 unspecified atom stereocenters. The number of aromatic carboxylic acids is 1. The predicted octanol–water partition coefficient (Wildman–Crippen LogP) is 3.15. The molecule has 0 amide bonds. The Morgan fingerprint density at radius 2 is 1.29 bits per heavy atom. The molecule has 0 aliphatic rings. The highest BCUT2D eigenvalue weighted by Crippen LogP contribution is 2.12. The van der Waals surface area contributed by atoms with Crippen molar-refractivity contribution in [2.75, 3.05) is 0 Å². The maximum Gasteiger partial charge on any atom is 0.335 e. The van der Waals surface area contributed by atoms with E-state index >= 15 is 0 Å². The summed E-state index contributed by atoms with van der Waals surface area (Å²) in [6, 6.07) is 16.2. The van der Waals surface area contributed by atoms with Gasteiger partial charge in [-0.3, -0.25) is 0 Å². The van der Waals surface area contributed by atoms with Gasteiger partial charge in [0.05, 0.1) is 10.4 Å². The van der Waals surface area contributed by atoms with Crippen LogP contribution >= 0.6 is 12.2 Å². The van der Waals surface area contributed by atoms with Crippen LogP contribution in [0.4, 0.5) is 0 Å². The highest BCUT2D eigenvalue weighted by molar-refractivity contribution is 7.81. The molecule has 2 nitrogen and oxygen atoms in total. The molecule has 2 aromatic rings. The summed E-state index contributed by atoms with van der Waals surface area (Å²) in [5.74, 6) is -0.929. The fraction of sp³-hybridized carbons (Fsp3) is 0. The van der Waals surface area contributed by atoms with Gasteiger partial charge in [0.15, 0.2) is 0 Å². The van der Waals surface area contributed by atoms with Gasteiger partial charge in [0.25, 0.3) is 0 Å². The van der Waals surface area contributed by atoms with Gasteiger partial charge in [0, 0.05) is 0 Å². The minimum atomic E-state index is -0.929. The van der Waals surface area contributed by atoms with Crippen LogP contribution in [0, 0.1) is 0 Å². The van der Waals surface area contributed by atoms with Gasteiger partial charge < -0.3 is 5.11 Å². The molecule has 2 rings (SSSR count). The third-order valence-corrected chi connectivity index (χ3v) is 2.90. The standard InChI is InChI=1S/C14H10O2S/c15-14(16)12-8-6-11(7-9-12)13(17)10-4-2-1-3-5-10/h1-9H,(H,15,16). The van der Waals surface area contributed by atoms with Gasteiger partial charge in [0.2, 0.25) is 0 Å². The van der Waals surface area contributed by atoms with Crippen molar-refractivity contribution in [3.63, 3.8) is 0 Å². The summed E-state index contributed by atoms with van der Waals surface area (Å²) in [5, 5.41) is 8.80. The molecule has 0 radical (unpaired) electrons. The van der Waals surface area contributed by atoms with Crippen LogP contribution in [0.1, 0.15) is 21.5 Å². The first kappa shape index (κ1) is 11.5. The summed E-state index contributed by atoms with van der Waals surface area (Å²) < 4.78 is 0. The highest BCUT2D eigenvalue weighted by atomic mass is 32.1. The maximum atomic E-state index is 10.7. The number of carboxylic acid groups (broad SMARTS) is 1. The SMILES string of the molecule is O=C(O)c1ccc(C(=S)c2ccccc2)cc1. The van der Waals surface area contributed by atoms with E-state index in [1.807, 2.05) is 30.3 Å². The van der Waals surface area contributed by atoms with Crippen molar-refractivity contribution in [3.8, 4) is 0 Å². The van der Waals surface area contributed by atoms with Crippen LogP contribution in [0.3, 0.4) is 0 Å². The van der Waals surface area contributed by atoms with Crippen molar-refractivity contribution >= 4 is 23.1 Å². The molecule has 0 saturated carbocycles. The molecule has 0 atom stereocenters. The zero-order chi connectivity index (χ0) is 12.3. The molecule has 0 fully saturated rings. The lowest BCUT2D eigenvalue weighted by Crippen LogP contribution is -2.01. The Morgan fingerprint density at radius 1 is 0.824 bits per heavy atom. The van der Waals surface area contributed by atoms with Crippen molar-refractivity contribution in [1.29, 1.82) is 0 Å². The van der Waals surface area contributed by atoms with E-state index in [0.29, 0.717) is 0 Å². The van der Waals surface area contributed by atoms with Crippen molar-refractivity contribution in [2.45, 2.75) is 0 Å². The largest absolute Gasteiger partial charge is 0.478 e. The van der Waals surface area contributed by atoms with Crippen LogP contribution in [-0.2, 0) is 0 Å². The number of hydrogen-bond acceptors (Lipinski definition) is 2. The molecule has 2 aromatic carbocycles. The summed E-state index contributed by atoms with van der Waals surface area (Å²) in [6.07, 6.45) is 0. The number of carboxylic acids is 1. The van der Waals surface area contributed by atoms with E-state index in [9.17, 15) is 4.79 Å². The minimum Gasteiger partial charge on any atom is -0.478 e. The van der Waals surface area contributed by atoms with Crippen LogP contribution in [0.2, 0.25) is 0 Å². The van der Waals surface area contributed by atoms with Gasteiger partial charge in [-0.15, -0.1) is 0 Å². The Balaban J connectivity index is 2.30. The summed E-state index contributed by atoms with van der Waals surface area (Å²) in [7, 11) is 0. The van der Waals surface area contributed by atoms with E-state index in [0.717, 1.165) is 16.0 Å². The van der Waals surface area contributed by atoms with Crippen molar-refractivity contribution in [2.24, 2.45) is 0 Å². The molecule has 0 heterocycles. The second-order valence-electron chi connectivity index (χ2n) is 3.58. The van der Waals surface area contributed by atoms with Crippen LogP contribution in [0.5, 0.6) is 0 Å². The molecule has 0 aliphatic carbocycles. The average molecular weight is 242 g/mol. The minimum absolute atomic E-state index is 0.268. The predicted molar refractivity (Wildman–Crippen MR) is 70.6 cm³/mol. The molecule has 84 valence electrons. The summed E-state index contributed by atoms with van der Waals surface area (Å²) in [6.45, 7) is 0. The van der Waals surface area contributed by atoms with Gasteiger partial charge in [-0.25, -0.2) is 4.79 Å². The zero-order valence-corrected chi connectivity index (χ0v) is 9.78. The molecule has 0 spiro atoms. The monoisotopic (exact) mass is 242 g/mol. The average Bonchev–Trinajstić information content (AvgIpc) is 2.39. The lowest BCUT2D eigenvalue weighted by molar-refractivity contribution is 0.0697. The van der Waals surface area contributed by atoms with Crippen LogP contribution in [0.25, 0.3) is 0 Å². The highest BCUT2D eigenvalue weighted by Gasteiger charge is 2.06. The molecule has 17 heavy (non-hydrogen) atoms. The smallest absolute Gasteiger partial charge is 0.335 e. The molecule has 0 aliphatic heterocycles. The van der Waals surface area contributed by atoms with Crippen molar-refractivity contribution in [1.82, 2.24) is 0 Å². The van der Waals surface area contributed by atoms with Gasteiger partial charge in [0.1, 0.15) is 0 Å². The number of hydrogen-bond donors (Lipinski definition) is 1. The first-order valence-electron chi connectivity index (χ1n) is 5.11. The Labute approximate surface area is 105 Å². The van der Waals surface area contributed by atoms with Crippen molar-refractivity contribution in [3.05, 3.63) is 71.3 Å². The third-order valence-electron chi connectivity index (χ3n) is 2.43. The molecule has 1 N–H and O–H groups in total. The summed E-state index contributed by atoms with van der Waals surface area (Å²) >= 11 is 5.35. The summed E-state index contributed by atoms with van der Waals surface area (Å²) in [4.78, 5) is 11.4. The summed E-state index contributed by atoms with van der Waals surface area (Å²) in [5.41, 5.74) is 2.09. The van der Waals surface area contributed by atoms with E-state index in [-0.39, 0.29) is 5.56 Å². The maximum absolute atomic E-state index is 10.7. The molecule has 3 heteroatoms. The topological polar surface area (TPSA) is 37.3 Å². The van der Waals surface area contributed by atoms with Gasteiger partial charge >= 0.3 is 5.97 Å². The number of thiocarbonyl (C=S) groups is 1. The molecule has 0 saturated heterocycles. The molecular weight excluding hydrogens is 232 g/mol. The lowest BCUT2D eigenvalue weighted by Gasteiger charge is -2.04. The third kappa shape index (κ3) is 2.57. The van der Waals surface area contributed by atoms with E-state index < -0.39 is 5.97 Å². The second-order valence-corrected chi connectivity index (χ2v) is 3.99. The number of carbonyl (C=O) groups is 1. The van der Waals surface area contributed by atoms with Gasteiger partial charge in [-0.1, -0.05) is 54.7 Å². The normalized spacial score (nSPS) is 9.88. The molecular formula is C14H10O2S. The van der Waals surface area contributed by atoms with Crippen molar-refractivity contribution < 1.29 is 9.90 Å². The Kier molecular flexibility index (Phi) is 3.30. The fourth-order valence-electron chi connectivity index (χ4n) is 1.52. The Bertz CT molecular complexity index is 544. The van der Waals surface area contributed by atoms with E-state index in [1.54, 1.807) is 24.3 Å². The first-order valence-corrected chi connectivity index (χ1v) is 5.52. The van der Waals surface area contributed by atoms with E-state index in [1.165, 1.54) is 0 Å². The van der Waals surface area contributed by atoms with Crippen LogP contribution < -0.4 is 0 Å². The van der Waals surface area contributed by atoms with Crippen LogP contribution in [-0.4, -0.2) is 15.9 Å². The number of rotatable bonds is 3. The Hall–Kier alpha value is -2.00. The van der Waals surface area contributed by atoms with E-state index in [2.05, 4.69) is 0 Å². The van der Waals surface area contributed by atoms with Gasteiger partial charge in [-0.05, 0) is 23.3 Å². The van der Waals surface area contributed by atoms with Gasteiger partial charge in [-0.2, -0.15) is 0 Å². The fourth-order valence-corrected chi connectivity index (χ4v) is 1.79. The quantitative estimate of drug-likeness (QED) is 0.663. The molecule has 0 bridgehead atoms. The lowest BCUT2D eigenvalue weighted by atomic mass is 10.0. The van der Waals surface area contributed by atoms with E-state index in [4.69, 9.17) is 17.3 Å². The second kappa shape index (κ2) is 4.89. The first-order chi connectivity index (χ1) is 8.18. The Morgan fingerprint density at radius 3 is 1.82 bits per heavy atom. The zero-order valence-electron chi connectivity index (χ0n) is 8.96. The van der Waals surface area contributed by atoms with Crippen LogP contribution in [0.15, 0.2) is 54.6 Å².